The maximum atomic E-state index is 13.6. The average Bonchev–Trinajstić information content (AvgIpc) is 2.85. The van der Waals surface area contributed by atoms with E-state index in [1.54, 1.807) is 11.0 Å². The number of benzene rings is 2. The number of nitrogens with zero attached hydrogens (tertiary/aromatic N) is 1. The van der Waals surface area contributed by atoms with Gasteiger partial charge in [-0.05, 0) is 17.7 Å². The van der Waals surface area contributed by atoms with Gasteiger partial charge in [-0.2, -0.15) is 0 Å². The van der Waals surface area contributed by atoms with Crippen LogP contribution in [0.1, 0.15) is 11.1 Å². The highest BCUT2D eigenvalue weighted by Crippen LogP contribution is 2.27. The van der Waals surface area contributed by atoms with Crippen LogP contribution in [-0.2, 0) is 27.0 Å². The summed E-state index contributed by atoms with van der Waals surface area (Å²) in [4.78, 5) is 13.6. The first kappa shape index (κ1) is 16.6. The van der Waals surface area contributed by atoms with Gasteiger partial charge in [0.25, 0.3) is 0 Å². The Morgan fingerprint density at radius 1 is 1.08 bits per heavy atom. The number of nitrogens with one attached hydrogen (secondary N) is 1. The van der Waals surface area contributed by atoms with Crippen LogP contribution in [-0.4, -0.2) is 27.4 Å². The van der Waals surface area contributed by atoms with Crippen molar-refractivity contribution in [1.82, 2.24) is 4.72 Å². The molecule has 0 aliphatic carbocycles. The van der Waals surface area contributed by atoms with Gasteiger partial charge < -0.3 is 4.90 Å². The molecule has 0 fully saturated rings. The van der Waals surface area contributed by atoms with E-state index in [9.17, 15) is 17.6 Å². The number of anilines is 1. The zero-order valence-corrected chi connectivity index (χ0v) is 13.7. The highest BCUT2D eigenvalue weighted by Gasteiger charge is 2.26. The minimum absolute atomic E-state index is 0.0514. The Labute approximate surface area is 140 Å². The summed E-state index contributed by atoms with van der Waals surface area (Å²) in [6.45, 7) is 0.323. The minimum Gasteiger partial charge on any atom is -0.311 e. The third-order valence-corrected chi connectivity index (χ3v) is 5.22. The highest BCUT2D eigenvalue weighted by molar-refractivity contribution is 7.88. The second-order valence-corrected chi connectivity index (χ2v) is 7.40. The van der Waals surface area contributed by atoms with Crippen molar-refractivity contribution in [2.75, 3.05) is 18.0 Å². The van der Waals surface area contributed by atoms with Crippen molar-refractivity contribution in [2.24, 2.45) is 0 Å². The molecule has 1 heterocycles. The summed E-state index contributed by atoms with van der Waals surface area (Å²) in [5, 5.41) is 0. The minimum atomic E-state index is -3.67. The quantitative estimate of drug-likeness (QED) is 0.866. The molecule has 0 aromatic heterocycles. The first-order chi connectivity index (χ1) is 11.5. The molecule has 1 N–H and O–H groups in total. The number of fused-ring (bicyclic) bond motifs is 1. The molecule has 7 heteroatoms. The van der Waals surface area contributed by atoms with E-state index in [2.05, 4.69) is 4.72 Å². The molecule has 2 aromatic carbocycles. The van der Waals surface area contributed by atoms with Crippen molar-refractivity contribution in [1.29, 1.82) is 0 Å². The molecule has 1 aliphatic rings. The van der Waals surface area contributed by atoms with E-state index >= 15 is 0 Å². The van der Waals surface area contributed by atoms with E-state index in [1.165, 1.54) is 18.2 Å². The zero-order chi connectivity index (χ0) is 17.2. The fourth-order valence-electron chi connectivity index (χ4n) is 2.75. The fourth-order valence-corrected chi connectivity index (χ4v) is 3.89. The van der Waals surface area contributed by atoms with E-state index in [0.29, 0.717) is 6.42 Å². The van der Waals surface area contributed by atoms with Crippen molar-refractivity contribution in [3.8, 4) is 0 Å². The van der Waals surface area contributed by atoms with E-state index in [4.69, 9.17) is 0 Å². The molecule has 5 nitrogen and oxygen atoms in total. The van der Waals surface area contributed by atoms with Gasteiger partial charge in [0, 0.05) is 24.3 Å². The predicted octanol–water partition coefficient (Wildman–Crippen LogP) is 1.83. The molecule has 3 rings (SSSR count). The van der Waals surface area contributed by atoms with Crippen LogP contribution >= 0.6 is 0 Å². The summed E-state index contributed by atoms with van der Waals surface area (Å²) in [6.07, 6.45) is 0.331. The number of carbonyl (C=O) groups is 1. The van der Waals surface area contributed by atoms with Crippen LogP contribution in [0.4, 0.5) is 10.1 Å². The lowest BCUT2D eigenvalue weighted by atomic mass is 10.2. The fraction of sp³-hybridized carbons (Fsp3) is 0.235. The normalized spacial score (nSPS) is 14.0. The van der Waals surface area contributed by atoms with Gasteiger partial charge in [-0.1, -0.05) is 36.4 Å². The molecule has 0 saturated heterocycles. The molecule has 0 bridgehead atoms. The van der Waals surface area contributed by atoms with E-state index in [0.717, 1.165) is 11.3 Å². The van der Waals surface area contributed by atoms with Gasteiger partial charge in [-0.25, -0.2) is 17.5 Å². The zero-order valence-electron chi connectivity index (χ0n) is 12.9. The highest BCUT2D eigenvalue weighted by atomic mass is 32.2. The molecule has 0 spiro atoms. The van der Waals surface area contributed by atoms with Gasteiger partial charge in [0.1, 0.15) is 5.82 Å². The van der Waals surface area contributed by atoms with Gasteiger partial charge >= 0.3 is 0 Å². The van der Waals surface area contributed by atoms with Crippen molar-refractivity contribution < 1.29 is 17.6 Å². The molecule has 1 amide bonds. The summed E-state index contributed by atoms with van der Waals surface area (Å²) in [5.74, 6) is -1.03. The molecule has 0 atom stereocenters. The van der Waals surface area contributed by atoms with Crippen LogP contribution < -0.4 is 9.62 Å². The number of rotatable bonds is 6. The second kappa shape index (κ2) is 6.70. The number of hydrogen-bond acceptors (Lipinski definition) is 3. The molecule has 0 saturated carbocycles. The Bertz CT molecular complexity index is 868. The second-order valence-electron chi connectivity index (χ2n) is 5.60. The summed E-state index contributed by atoms with van der Waals surface area (Å²) < 4.78 is 40.1. The lowest BCUT2D eigenvalue weighted by molar-refractivity contribution is -0.117. The molecule has 126 valence electrons. The summed E-state index contributed by atoms with van der Waals surface area (Å²) >= 11 is 0. The number of hydrogen-bond donors (Lipinski definition) is 1. The Morgan fingerprint density at radius 3 is 2.58 bits per heavy atom. The SMILES string of the molecule is O=C1Cc2ccccc2N1CCNS(=O)(=O)Cc1ccccc1F. The number of para-hydroxylation sites is 1. The van der Waals surface area contributed by atoms with Crippen LogP contribution in [0.2, 0.25) is 0 Å². The van der Waals surface area contributed by atoms with E-state index in [-0.39, 0.29) is 24.6 Å². The van der Waals surface area contributed by atoms with E-state index < -0.39 is 21.6 Å². The molecule has 0 unspecified atom stereocenters. The smallest absolute Gasteiger partial charge is 0.231 e. The molecular weight excluding hydrogens is 331 g/mol. The van der Waals surface area contributed by atoms with Crippen LogP contribution in [0.5, 0.6) is 0 Å². The van der Waals surface area contributed by atoms with Crippen LogP contribution in [0.3, 0.4) is 0 Å². The van der Waals surface area contributed by atoms with Gasteiger partial charge in [0.15, 0.2) is 0 Å². The third kappa shape index (κ3) is 3.63. The summed E-state index contributed by atoms with van der Waals surface area (Å²) in [7, 11) is -3.67. The molecule has 2 aromatic rings. The summed E-state index contributed by atoms with van der Waals surface area (Å²) in [6, 6.07) is 13.2. The first-order valence-electron chi connectivity index (χ1n) is 7.55. The molecule has 1 aliphatic heterocycles. The number of halogens is 1. The van der Waals surface area contributed by atoms with Gasteiger partial charge in [-0.3, -0.25) is 4.79 Å². The Kier molecular flexibility index (Phi) is 4.64. The molecular formula is C17H17FN2O3S. The van der Waals surface area contributed by atoms with Crippen LogP contribution in [0.25, 0.3) is 0 Å². The maximum Gasteiger partial charge on any atom is 0.231 e. The predicted molar refractivity (Wildman–Crippen MR) is 89.5 cm³/mol. The number of amides is 1. The van der Waals surface area contributed by atoms with Crippen molar-refractivity contribution in [3.63, 3.8) is 0 Å². The average molecular weight is 348 g/mol. The monoisotopic (exact) mass is 348 g/mol. The number of carbonyl (C=O) groups excluding carboxylic acids is 1. The van der Waals surface area contributed by atoms with Crippen molar-refractivity contribution >= 4 is 21.6 Å². The van der Waals surface area contributed by atoms with Crippen LogP contribution in [0.15, 0.2) is 48.5 Å². The summed E-state index contributed by atoms with van der Waals surface area (Å²) in [5.41, 5.74) is 1.88. The van der Waals surface area contributed by atoms with Gasteiger partial charge in [0.2, 0.25) is 15.9 Å². The Balaban J connectivity index is 1.60. The van der Waals surface area contributed by atoms with Crippen LogP contribution in [0, 0.1) is 5.82 Å². The van der Waals surface area contributed by atoms with E-state index in [1.807, 2.05) is 24.3 Å². The Hall–Kier alpha value is -2.25. The maximum absolute atomic E-state index is 13.6. The van der Waals surface area contributed by atoms with Crippen molar-refractivity contribution in [2.45, 2.75) is 12.2 Å². The Morgan fingerprint density at radius 2 is 1.79 bits per heavy atom. The lowest BCUT2D eigenvalue weighted by Gasteiger charge is -2.17. The molecule has 0 radical (unpaired) electrons. The third-order valence-electron chi connectivity index (χ3n) is 3.89. The molecule has 24 heavy (non-hydrogen) atoms. The van der Waals surface area contributed by atoms with Gasteiger partial charge in [-0.15, -0.1) is 0 Å². The van der Waals surface area contributed by atoms with Gasteiger partial charge in [0.05, 0.1) is 12.2 Å². The standard InChI is InChI=1S/C17H17FN2O3S/c18-15-7-3-1-6-14(15)12-24(22,23)19-9-10-20-16-8-4-2-5-13(16)11-17(20)21/h1-8,19H,9-12H2. The number of sulfonamides is 1. The largest absolute Gasteiger partial charge is 0.311 e. The first-order valence-corrected chi connectivity index (χ1v) is 9.20. The topological polar surface area (TPSA) is 66.5 Å². The van der Waals surface area contributed by atoms with Crippen molar-refractivity contribution in [3.05, 3.63) is 65.5 Å². The lowest BCUT2D eigenvalue weighted by Crippen LogP contribution is -2.37.